The molecule has 0 saturated carbocycles. The fourth-order valence-electron chi connectivity index (χ4n) is 2.46. The van der Waals surface area contributed by atoms with Gasteiger partial charge in [0.25, 0.3) is 0 Å². The van der Waals surface area contributed by atoms with Gasteiger partial charge >= 0.3 is 11.9 Å². The fourth-order valence-corrected chi connectivity index (χ4v) is 2.46. The molecule has 7 nitrogen and oxygen atoms in total. The van der Waals surface area contributed by atoms with E-state index in [-0.39, 0.29) is 17.4 Å². The zero-order valence-corrected chi connectivity index (χ0v) is 16.6. The molecule has 0 saturated heterocycles. The third-order valence-corrected chi connectivity index (χ3v) is 3.77. The summed E-state index contributed by atoms with van der Waals surface area (Å²) in [4.78, 5) is 34.4. The molecular formula is C22H23NO6. The lowest BCUT2D eigenvalue weighted by atomic mass is 10.1. The Morgan fingerprint density at radius 2 is 1.59 bits per heavy atom. The first-order valence-corrected chi connectivity index (χ1v) is 8.97. The predicted molar refractivity (Wildman–Crippen MR) is 108 cm³/mol. The van der Waals surface area contributed by atoms with Crippen LogP contribution in [0.25, 0.3) is 6.08 Å². The number of benzene rings is 2. The van der Waals surface area contributed by atoms with Crippen LogP contribution in [0.2, 0.25) is 0 Å². The van der Waals surface area contributed by atoms with E-state index < -0.39 is 11.9 Å². The van der Waals surface area contributed by atoms with Crippen molar-refractivity contribution >= 4 is 23.9 Å². The number of esters is 2. The van der Waals surface area contributed by atoms with Crippen molar-refractivity contribution in [2.75, 3.05) is 13.7 Å². The molecule has 2 aromatic rings. The first-order chi connectivity index (χ1) is 13.9. The molecule has 7 heteroatoms. The van der Waals surface area contributed by atoms with Crippen LogP contribution in [0.5, 0.6) is 17.2 Å². The molecule has 152 valence electrons. The van der Waals surface area contributed by atoms with Crippen molar-refractivity contribution < 1.29 is 28.6 Å². The summed E-state index contributed by atoms with van der Waals surface area (Å²) in [5, 5.41) is 2.80. The van der Waals surface area contributed by atoms with Crippen LogP contribution in [0.1, 0.15) is 25.0 Å². The Morgan fingerprint density at radius 3 is 2.21 bits per heavy atom. The Hall–Kier alpha value is -3.61. The summed E-state index contributed by atoms with van der Waals surface area (Å²) in [7, 11) is 1.61. The van der Waals surface area contributed by atoms with E-state index in [1.165, 1.54) is 32.1 Å². The molecule has 0 fully saturated rings. The number of ether oxygens (including phenoxy) is 3. The van der Waals surface area contributed by atoms with E-state index in [0.29, 0.717) is 18.5 Å². The maximum atomic E-state index is 12.0. The zero-order valence-electron chi connectivity index (χ0n) is 16.6. The summed E-state index contributed by atoms with van der Waals surface area (Å²) in [6, 6.07) is 12.3. The van der Waals surface area contributed by atoms with Gasteiger partial charge in [-0.25, -0.2) is 0 Å². The molecule has 1 N–H and O–H groups in total. The van der Waals surface area contributed by atoms with Gasteiger partial charge in [-0.05, 0) is 47.9 Å². The Labute approximate surface area is 169 Å². The van der Waals surface area contributed by atoms with Crippen LogP contribution in [0.3, 0.4) is 0 Å². The molecule has 2 rings (SSSR count). The molecule has 0 heterocycles. The van der Waals surface area contributed by atoms with Gasteiger partial charge in [-0.1, -0.05) is 18.2 Å². The number of carbonyl (C=O) groups is 3. The molecule has 0 aliphatic heterocycles. The zero-order chi connectivity index (χ0) is 21.2. The lowest BCUT2D eigenvalue weighted by Gasteiger charge is -2.09. The molecule has 2 aromatic carbocycles. The number of hydrogen-bond donors (Lipinski definition) is 1. The molecule has 0 unspecified atom stereocenters. The monoisotopic (exact) mass is 397 g/mol. The number of nitrogens with one attached hydrogen (secondary N) is 1. The summed E-state index contributed by atoms with van der Waals surface area (Å²) in [6.45, 7) is 2.98. The topological polar surface area (TPSA) is 90.9 Å². The summed E-state index contributed by atoms with van der Waals surface area (Å²) in [5.74, 6) is -0.303. The van der Waals surface area contributed by atoms with Crippen LogP contribution in [-0.4, -0.2) is 31.5 Å². The first kappa shape index (κ1) is 21.7. The normalized spacial score (nSPS) is 10.4. The molecule has 0 aliphatic carbocycles. The number of carbonyl (C=O) groups excluding carboxylic acids is 3. The Bertz CT molecular complexity index is 902. The van der Waals surface area contributed by atoms with E-state index >= 15 is 0 Å². The van der Waals surface area contributed by atoms with Crippen LogP contribution < -0.4 is 19.5 Å². The Kier molecular flexibility index (Phi) is 7.97. The minimum absolute atomic E-state index is 0.106. The van der Waals surface area contributed by atoms with Crippen molar-refractivity contribution in [2.24, 2.45) is 0 Å². The van der Waals surface area contributed by atoms with Crippen molar-refractivity contribution in [3.05, 3.63) is 59.7 Å². The van der Waals surface area contributed by atoms with Gasteiger partial charge in [0.2, 0.25) is 5.91 Å². The smallest absolute Gasteiger partial charge is 0.308 e. The van der Waals surface area contributed by atoms with Crippen molar-refractivity contribution in [1.82, 2.24) is 5.32 Å². The molecule has 0 aromatic heterocycles. The van der Waals surface area contributed by atoms with E-state index in [2.05, 4.69) is 5.32 Å². The highest BCUT2D eigenvalue weighted by atomic mass is 16.6. The van der Waals surface area contributed by atoms with Crippen molar-refractivity contribution in [3.8, 4) is 17.2 Å². The maximum absolute atomic E-state index is 12.0. The number of methoxy groups -OCH3 is 1. The lowest BCUT2D eigenvalue weighted by Crippen LogP contribution is -2.23. The standard InChI is InChI=1S/C22H23NO6/c1-15(24)28-20-10-6-18(14-21(20)29-16(2)25)7-11-22(26)23-13-12-17-4-8-19(27-3)9-5-17/h4-11,14H,12-13H2,1-3H3,(H,23,26)/b11-7-. The second kappa shape index (κ2) is 10.7. The summed E-state index contributed by atoms with van der Waals surface area (Å²) in [5.41, 5.74) is 1.70. The van der Waals surface area contributed by atoms with Gasteiger partial charge in [0, 0.05) is 26.5 Å². The van der Waals surface area contributed by atoms with Gasteiger partial charge < -0.3 is 19.5 Å². The fraction of sp³-hybridized carbons (Fsp3) is 0.227. The average molecular weight is 397 g/mol. The highest BCUT2D eigenvalue weighted by Crippen LogP contribution is 2.29. The SMILES string of the molecule is COc1ccc(CCNC(=O)/C=C\c2ccc(OC(C)=O)c(OC(C)=O)c2)cc1. The minimum atomic E-state index is -0.546. The largest absolute Gasteiger partial charge is 0.497 e. The Balaban J connectivity index is 1.93. The van der Waals surface area contributed by atoms with Gasteiger partial charge in [0.05, 0.1) is 7.11 Å². The van der Waals surface area contributed by atoms with E-state index in [4.69, 9.17) is 14.2 Å². The number of amides is 1. The van der Waals surface area contributed by atoms with Crippen molar-refractivity contribution in [1.29, 1.82) is 0 Å². The van der Waals surface area contributed by atoms with Gasteiger partial charge in [-0.3, -0.25) is 14.4 Å². The van der Waals surface area contributed by atoms with Gasteiger partial charge in [0.15, 0.2) is 11.5 Å². The quantitative estimate of drug-likeness (QED) is 0.418. The van der Waals surface area contributed by atoms with E-state index in [0.717, 1.165) is 11.3 Å². The third-order valence-electron chi connectivity index (χ3n) is 3.77. The summed E-state index contributed by atoms with van der Waals surface area (Å²) >= 11 is 0. The van der Waals surface area contributed by atoms with Gasteiger partial charge in [0.1, 0.15) is 5.75 Å². The molecule has 0 radical (unpaired) electrons. The van der Waals surface area contributed by atoms with Crippen LogP contribution >= 0.6 is 0 Å². The predicted octanol–water partition coefficient (Wildman–Crippen LogP) is 2.92. The summed E-state index contributed by atoms with van der Waals surface area (Å²) < 4.78 is 15.2. The molecular weight excluding hydrogens is 374 g/mol. The highest BCUT2D eigenvalue weighted by molar-refractivity contribution is 5.91. The second-order valence-electron chi connectivity index (χ2n) is 6.12. The lowest BCUT2D eigenvalue weighted by molar-refractivity contribution is -0.134. The third kappa shape index (κ3) is 7.50. The maximum Gasteiger partial charge on any atom is 0.308 e. The average Bonchev–Trinajstić information content (AvgIpc) is 2.68. The summed E-state index contributed by atoms with van der Waals surface area (Å²) in [6.07, 6.45) is 3.65. The van der Waals surface area contributed by atoms with Crippen LogP contribution in [0.4, 0.5) is 0 Å². The molecule has 0 spiro atoms. The molecule has 29 heavy (non-hydrogen) atoms. The van der Waals surface area contributed by atoms with Crippen molar-refractivity contribution in [2.45, 2.75) is 20.3 Å². The van der Waals surface area contributed by atoms with Gasteiger partial charge in [-0.2, -0.15) is 0 Å². The van der Waals surface area contributed by atoms with Crippen LogP contribution in [0.15, 0.2) is 48.5 Å². The van der Waals surface area contributed by atoms with Crippen LogP contribution in [-0.2, 0) is 20.8 Å². The number of hydrogen-bond acceptors (Lipinski definition) is 6. The molecule has 0 atom stereocenters. The second-order valence-corrected chi connectivity index (χ2v) is 6.12. The van der Waals surface area contributed by atoms with Gasteiger partial charge in [-0.15, -0.1) is 0 Å². The first-order valence-electron chi connectivity index (χ1n) is 8.97. The van der Waals surface area contributed by atoms with E-state index in [1.54, 1.807) is 19.3 Å². The minimum Gasteiger partial charge on any atom is -0.497 e. The molecule has 0 aliphatic rings. The number of rotatable bonds is 8. The van der Waals surface area contributed by atoms with Crippen LogP contribution in [0, 0.1) is 0 Å². The molecule has 0 bridgehead atoms. The van der Waals surface area contributed by atoms with E-state index in [9.17, 15) is 14.4 Å². The van der Waals surface area contributed by atoms with Crippen molar-refractivity contribution in [3.63, 3.8) is 0 Å². The Morgan fingerprint density at radius 1 is 0.931 bits per heavy atom. The molecule has 1 amide bonds. The van der Waals surface area contributed by atoms with E-state index in [1.807, 2.05) is 24.3 Å². The highest BCUT2D eigenvalue weighted by Gasteiger charge is 2.10.